The second-order valence-corrected chi connectivity index (χ2v) is 11.2. The van der Waals surface area contributed by atoms with Crippen LogP contribution in [0.3, 0.4) is 0 Å². The summed E-state index contributed by atoms with van der Waals surface area (Å²) in [4.78, 5) is 22.2. The number of aliphatic hydroxyl groups excluding tert-OH is 1. The van der Waals surface area contributed by atoms with Gasteiger partial charge in [-0.1, -0.05) is 25.0 Å². The smallest absolute Gasteiger partial charge is 0.393 e. The number of aryl methyl sites for hydroxylation is 4. The Bertz CT molecular complexity index is 1490. The molecular formula is C29H33F3N4O4. The number of phenolic OH excluding ortho intramolecular Hbond substituents is 1. The zero-order valence-electron chi connectivity index (χ0n) is 22.8. The zero-order chi connectivity index (χ0) is 28.8. The van der Waals surface area contributed by atoms with Gasteiger partial charge in [0.2, 0.25) is 0 Å². The number of phenols is 1. The van der Waals surface area contributed by atoms with Crippen molar-refractivity contribution in [2.45, 2.75) is 90.3 Å². The van der Waals surface area contributed by atoms with E-state index < -0.39 is 24.2 Å². The predicted octanol–water partition coefficient (Wildman–Crippen LogP) is 5.72. The van der Waals surface area contributed by atoms with Crippen molar-refractivity contribution < 1.29 is 32.9 Å². The predicted molar refractivity (Wildman–Crippen MR) is 140 cm³/mol. The Morgan fingerprint density at radius 3 is 2.50 bits per heavy atom. The summed E-state index contributed by atoms with van der Waals surface area (Å²) < 4.78 is 47.0. The number of aromatic hydroxyl groups is 1. The molecule has 40 heavy (non-hydrogen) atoms. The molecule has 3 aromatic rings. The molecule has 1 atom stereocenters. The topological polar surface area (TPSA) is 110 Å². The number of cyclic esters (lactones) is 1. The largest absolute Gasteiger partial charge is 0.512 e. The lowest BCUT2D eigenvalue weighted by molar-refractivity contribution is -0.167. The van der Waals surface area contributed by atoms with Crippen LogP contribution < -0.4 is 0 Å². The highest BCUT2D eigenvalue weighted by atomic mass is 19.4. The van der Waals surface area contributed by atoms with Gasteiger partial charge < -0.3 is 14.9 Å². The minimum absolute atomic E-state index is 0.00871. The van der Waals surface area contributed by atoms with Gasteiger partial charge in [0.1, 0.15) is 17.1 Å². The molecule has 11 heteroatoms. The number of carbonyl (C=O) groups is 1. The van der Waals surface area contributed by atoms with Crippen LogP contribution in [-0.2, 0) is 28.8 Å². The Hall–Kier alpha value is -3.63. The average Bonchev–Trinajstić information content (AvgIpc) is 3.53. The molecule has 2 aromatic heterocycles. The summed E-state index contributed by atoms with van der Waals surface area (Å²) in [6, 6.07) is 4.90. The molecule has 3 heterocycles. The third-order valence-electron chi connectivity index (χ3n) is 8.12. The number of rotatable bonds is 7. The lowest BCUT2D eigenvalue weighted by Crippen LogP contribution is -2.46. The van der Waals surface area contributed by atoms with Gasteiger partial charge in [0.25, 0.3) is 5.78 Å². The first kappa shape index (κ1) is 27.9. The Labute approximate surface area is 229 Å². The first-order chi connectivity index (χ1) is 18.8. The molecule has 5 rings (SSSR count). The summed E-state index contributed by atoms with van der Waals surface area (Å²) in [6.07, 6.45) is -1.28. The maximum absolute atomic E-state index is 13.4. The van der Waals surface area contributed by atoms with E-state index in [1.807, 2.05) is 19.9 Å². The van der Waals surface area contributed by atoms with Crippen molar-refractivity contribution in [3.63, 3.8) is 0 Å². The molecule has 214 valence electrons. The van der Waals surface area contributed by atoms with E-state index in [9.17, 15) is 28.2 Å². The van der Waals surface area contributed by atoms with Crippen LogP contribution in [0, 0.1) is 26.7 Å². The van der Waals surface area contributed by atoms with Gasteiger partial charge in [-0.3, -0.25) is 0 Å². The molecule has 0 radical (unpaired) electrons. The van der Waals surface area contributed by atoms with Crippen molar-refractivity contribution in [2.75, 3.05) is 0 Å². The van der Waals surface area contributed by atoms with Crippen LogP contribution in [-0.4, -0.2) is 47.5 Å². The van der Waals surface area contributed by atoms with Crippen LogP contribution >= 0.6 is 0 Å². The van der Waals surface area contributed by atoms with Crippen molar-refractivity contribution in [1.29, 1.82) is 0 Å². The van der Waals surface area contributed by atoms with E-state index in [1.165, 1.54) is 6.07 Å². The molecule has 0 saturated heterocycles. The van der Waals surface area contributed by atoms with Gasteiger partial charge in [0, 0.05) is 29.8 Å². The number of aliphatic hydroxyl groups is 1. The molecular weight excluding hydrogens is 525 g/mol. The Balaban J connectivity index is 1.41. The number of aromatic nitrogens is 4. The molecule has 0 amide bonds. The monoisotopic (exact) mass is 558 g/mol. The summed E-state index contributed by atoms with van der Waals surface area (Å²) in [7, 11) is 0. The average molecular weight is 559 g/mol. The third kappa shape index (κ3) is 5.64. The van der Waals surface area contributed by atoms with Crippen LogP contribution in [0.25, 0.3) is 5.78 Å². The Morgan fingerprint density at radius 1 is 1.10 bits per heavy atom. The highest BCUT2D eigenvalue weighted by Crippen LogP contribution is 2.46. The lowest BCUT2D eigenvalue weighted by Gasteiger charge is -2.41. The van der Waals surface area contributed by atoms with E-state index >= 15 is 0 Å². The van der Waals surface area contributed by atoms with Crippen molar-refractivity contribution in [1.82, 2.24) is 19.6 Å². The maximum atomic E-state index is 13.4. The third-order valence-corrected chi connectivity index (χ3v) is 8.12. The number of carbonyl (C=O) groups excluding carboxylic acids is 1. The first-order valence-corrected chi connectivity index (χ1v) is 13.6. The number of nitrogens with zero attached hydrogens (tertiary/aromatic N) is 4. The zero-order valence-corrected chi connectivity index (χ0v) is 22.8. The molecule has 0 bridgehead atoms. The van der Waals surface area contributed by atoms with Crippen LogP contribution in [0.15, 0.2) is 29.5 Å². The summed E-state index contributed by atoms with van der Waals surface area (Å²) >= 11 is 0. The van der Waals surface area contributed by atoms with E-state index in [-0.39, 0.29) is 41.4 Å². The number of hydrogen-bond donors (Lipinski definition) is 2. The van der Waals surface area contributed by atoms with E-state index in [2.05, 4.69) is 15.1 Å². The molecule has 2 aliphatic rings. The van der Waals surface area contributed by atoms with Gasteiger partial charge in [-0.25, -0.2) is 14.3 Å². The molecule has 1 fully saturated rings. The number of ether oxygens (including phenoxy) is 1. The molecule has 1 aromatic carbocycles. The van der Waals surface area contributed by atoms with Gasteiger partial charge in [0.05, 0.1) is 12.0 Å². The van der Waals surface area contributed by atoms with Crippen molar-refractivity contribution >= 4 is 11.7 Å². The minimum atomic E-state index is -4.46. The van der Waals surface area contributed by atoms with E-state index in [0.29, 0.717) is 35.6 Å². The summed E-state index contributed by atoms with van der Waals surface area (Å²) in [5, 5.41) is 25.8. The fourth-order valence-electron chi connectivity index (χ4n) is 6.21. The Morgan fingerprint density at radius 2 is 1.82 bits per heavy atom. The normalized spacial score (nSPS) is 20.5. The summed E-state index contributed by atoms with van der Waals surface area (Å²) in [5.41, 5.74) is 1.56. The highest BCUT2D eigenvalue weighted by Gasteiger charge is 2.48. The number of alkyl halides is 3. The fourth-order valence-corrected chi connectivity index (χ4v) is 6.21. The van der Waals surface area contributed by atoms with Crippen molar-refractivity contribution in [2.24, 2.45) is 5.92 Å². The quantitative estimate of drug-likeness (QED) is 0.357. The fraction of sp³-hybridized carbons (Fsp3) is 0.517. The second kappa shape index (κ2) is 10.4. The highest BCUT2D eigenvalue weighted by molar-refractivity contribution is 5.90. The van der Waals surface area contributed by atoms with E-state index in [4.69, 9.17) is 4.74 Å². The molecule has 1 aliphatic heterocycles. The minimum Gasteiger partial charge on any atom is -0.512 e. The molecule has 1 unspecified atom stereocenters. The van der Waals surface area contributed by atoms with Crippen molar-refractivity contribution in [3.05, 3.63) is 63.4 Å². The number of hydrogen-bond acceptors (Lipinski definition) is 7. The molecule has 1 saturated carbocycles. The van der Waals surface area contributed by atoms with Crippen molar-refractivity contribution in [3.8, 4) is 5.75 Å². The van der Waals surface area contributed by atoms with Crippen LogP contribution in [0.1, 0.15) is 72.4 Å². The summed E-state index contributed by atoms with van der Waals surface area (Å²) in [6.45, 7) is 5.30. The van der Waals surface area contributed by atoms with E-state index in [1.54, 1.807) is 17.5 Å². The summed E-state index contributed by atoms with van der Waals surface area (Å²) in [5.74, 6) is -0.285. The molecule has 0 spiro atoms. The van der Waals surface area contributed by atoms with E-state index in [0.717, 1.165) is 37.1 Å². The number of benzene rings is 1. The molecule has 2 N–H and O–H groups in total. The van der Waals surface area contributed by atoms with Crippen LogP contribution in [0.2, 0.25) is 0 Å². The van der Waals surface area contributed by atoms with Gasteiger partial charge in [0.15, 0.2) is 5.82 Å². The van der Waals surface area contributed by atoms with Gasteiger partial charge in [-0.2, -0.15) is 18.2 Å². The second-order valence-electron chi connectivity index (χ2n) is 11.2. The lowest BCUT2D eigenvalue weighted by atomic mass is 9.76. The molecule has 1 aliphatic carbocycles. The first-order valence-electron chi connectivity index (χ1n) is 13.6. The van der Waals surface area contributed by atoms with Gasteiger partial charge in [-0.05, 0) is 69.6 Å². The maximum Gasteiger partial charge on any atom is 0.393 e. The van der Waals surface area contributed by atoms with Crippen LogP contribution in [0.5, 0.6) is 5.75 Å². The SMILES string of the molecule is Cc1cc(C)n2nc(CC3=C(O)CC(CCc4cc(C)c(O)c(CC(F)(F)F)c4)(C4CCCC4)OC3=O)nc2n1. The number of esters is 1. The Kier molecular flexibility index (Phi) is 7.26. The van der Waals surface area contributed by atoms with Crippen LogP contribution in [0.4, 0.5) is 13.2 Å². The number of halogens is 3. The molecule has 8 nitrogen and oxygen atoms in total. The standard InChI is InChI=1S/C29H33F3N4O4/c1-16-10-19(12-20(25(16)38)14-29(30,31)32)8-9-28(21-6-4-5-7-21)15-23(37)22(26(39)40-28)13-24-34-27-33-17(2)11-18(3)36(27)35-24/h10-12,21,37-38H,4-9,13-15H2,1-3H3. The van der Waals surface area contributed by atoms with Gasteiger partial charge in [-0.15, -0.1) is 5.10 Å². The number of fused-ring (bicyclic) bond motifs is 1. The van der Waals surface area contributed by atoms with Gasteiger partial charge >= 0.3 is 12.1 Å².